The Morgan fingerprint density at radius 3 is 2.57 bits per heavy atom. The van der Waals surface area contributed by atoms with Crippen LogP contribution < -0.4 is 14.4 Å². The molecule has 0 spiro atoms. The van der Waals surface area contributed by atoms with Gasteiger partial charge in [-0.05, 0) is 103 Å². The second-order valence-corrected chi connectivity index (χ2v) is 12.8. The molecule has 1 unspecified atom stereocenters. The first-order valence-electron chi connectivity index (χ1n) is 16.2. The van der Waals surface area contributed by atoms with Crippen molar-refractivity contribution in [2.24, 2.45) is 5.92 Å². The summed E-state index contributed by atoms with van der Waals surface area (Å²) in [7, 11) is 4.08. The van der Waals surface area contributed by atoms with Crippen LogP contribution in [0.4, 0.5) is 5.69 Å². The number of hydrogen-bond acceptors (Lipinski definition) is 6. The minimum atomic E-state index is 0.330. The van der Waals surface area contributed by atoms with E-state index >= 15 is 0 Å². The average Bonchev–Trinajstić information content (AvgIpc) is 3.17. The fourth-order valence-electron chi connectivity index (χ4n) is 5.53. The summed E-state index contributed by atoms with van der Waals surface area (Å²) >= 11 is 7.84. The van der Waals surface area contributed by atoms with E-state index in [0.717, 1.165) is 73.2 Å². The number of halogens is 1. The summed E-state index contributed by atoms with van der Waals surface area (Å²) in [6.45, 7) is 9.54. The summed E-state index contributed by atoms with van der Waals surface area (Å²) in [6, 6.07) is 20.8. The van der Waals surface area contributed by atoms with E-state index in [1.54, 1.807) is 11.9 Å². The maximum absolute atomic E-state index is 10.4. The number of carbonyl (C=O) groups excluding carboxylic acids is 1. The van der Waals surface area contributed by atoms with Crippen molar-refractivity contribution >= 4 is 35.5 Å². The lowest BCUT2D eigenvalue weighted by Gasteiger charge is -2.24. The fraction of sp³-hybridized carbons (Fsp3) is 0.486. The normalized spacial score (nSPS) is 15.8. The van der Waals surface area contributed by atoms with Gasteiger partial charge in [0.25, 0.3) is 0 Å². The Morgan fingerprint density at radius 2 is 1.86 bits per heavy atom. The topological polar surface area (TPSA) is 50.8 Å². The number of nitrogens with zero attached hydrogens (tertiary/aromatic N) is 1. The number of benzene rings is 3. The molecule has 5 nitrogen and oxygen atoms in total. The molecule has 44 heavy (non-hydrogen) atoms. The minimum Gasteiger partial charge on any atom is -0.491 e. The van der Waals surface area contributed by atoms with E-state index in [1.165, 1.54) is 40.8 Å². The van der Waals surface area contributed by atoms with Gasteiger partial charge in [0.1, 0.15) is 12.0 Å². The zero-order valence-electron chi connectivity index (χ0n) is 27.2. The molecule has 240 valence electrons. The summed E-state index contributed by atoms with van der Waals surface area (Å²) in [5.74, 6) is 2.10. The molecule has 1 N–H and O–H groups in total. The molecular formula is C37H51ClN2O3S. The number of aldehydes is 1. The molecule has 1 saturated carbocycles. The van der Waals surface area contributed by atoms with Crippen LogP contribution in [0.25, 0.3) is 0 Å². The highest BCUT2D eigenvalue weighted by Crippen LogP contribution is 2.37. The van der Waals surface area contributed by atoms with E-state index in [0.29, 0.717) is 18.9 Å². The van der Waals surface area contributed by atoms with Gasteiger partial charge in [-0.2, -0.15) is 0 Å². The predicted molar refractivity (Wildman–Crippen MR) is 188 cm³/mol. The third-order valence-electron chi connectivity index (χ3n) is 7.98. The molecule has 0 aromatic heterocycles. The van der Waals surface area contributed by atoms with Crippen molar-refractivity contribution in [2.75, 3.05) is 45.4 Å². The molecule has 3 aromatic carbocycles. The number of carbonyl (C=O) groups is 1. The predicted octanol–water partition coefficient (Wildman–Crippen LogP) is 8.94. The molecule has 3 aromatic rings. The number of hydrogen-bond donors (Lipinski definition) is 1. The standard InChI is InChI=1S/C20H25ClN2OS.C15H20O2.C2H6/c1-4-5-14-10-16(21)6-8-18(14)15-12-23(3)19-11-17(25-22-2)7-9-20(19)24-13-15;16-9-7-13-3-1-4-14(11-13)8-10-17-12-15-5-2-6-15;1-2/h6-11,15,22H,4-5,12-13H2,1-3H3;1,3-4,9,11,15H,2,5-8,10,12H2;1-2H3. The highest BCUT2D eigenvalue weighted by Gasteiger charge is 2.24. The quantitative estimate of drug-likeness (QED) is 0.121. The van der Waals surface area contributed by atoms with Crippen LogP contribution in [0.15, 0.2) is 65.6 Å². The number of ether oxygens (including phenoxy) is 2. The molecule has 0 radical (unpaired) electrons. The van der Waals surface area contributed by atoms with Crippen molar-refractivity contribution in [2.45, 2.75) is 76.5 Å². The molecular weight excluding hydrogens is 588 g/mol. The smallest absolute Gasteiger partial charge is 0.142 e. The first-order valence-corrected chi connectivity index (χ1v) is 17.4. The monoisotopic (exact) mass is 638 g/mol. The van der Waals surface area contributed by atoms with Crippen molar-refractivity contribution < 1.29 is 14.3 Å². The van der Waals surface area contributed by atoms with Crippen LogP contribution in [0.5, 0.6) is 5.75 Å². The fourth-order valence-corrected chi connectivity index (χ4v) is 6.26. The van der Waals surface area contributed by atoms with Crippen molar-refractivity contribution in [1.29, 1.82) is 0 Å². The number of rotatable bonds is 12. The van der Waals surface area contributed by atoms with Gasteiger partial charge in [0.15, 0.2) is 0 Å². The molecule has 5 rings (SSSR count). The largest absolute Gasteiger partial charge is 0.491 e. The van der Waals surface area contributed by atoms with E-state index in [-0.39, 0.29) is 0 Å². The van der Waals surface area contributed by atoms with Crippen molar-refractivity contribution in [3.05, 3.63) is 87.9 Å². The number of aryl methyl sites for hydroxylation is 1. The van der Waals surface area contributed by atoms with Gasteiger partial charge in [-0.1, -0.05) is 75.5 Å². The van der Waals surface area contributed by atoms with Crippen LogP contribution in [0.1, 0.15) is 74.6 Å². The number of fused-ring (bicyclic) bond motifs is 1. The van der Waals surface area contributed by atoms with Crippen LogP contribution >= 0.6 is 23.5 Å². The number of likely N-dealkylation sites (N-methyl/N-ethyl adjacent to an activating group) is 1. The van der Waals surface area contributed by atoms with Crippen LogP contribution in [-0.4, -0.2) is 46.7 Å². The van der Waals surface area contributed by atoms with Gasteiger partial charge < -0.3 is 19.2 Å². The van der Waals surface area contributed by atoms with Gasteiger partial charge in [0.2, 0.25) is 0 Å². The molecule has 1 fully saturated rings. The lowest BCUT2D eigenvalue weighted by Crippen LogP contribution is -2.25. The third-order valence-corrected chi connectivity index (χ3v) is 8.91. The zero-order valence-corrected chi connectivity index (χ0v) is 28.8. The first-order chi connectivity index (χ1) is 21.5. The summed E-state index contributed by atoms with van der Waals surface area (Å²) < 4.78 is 15.0. The zero-order chi connectivity index (χ0) is 31.7. The molecule has 1 atom stereocenters. The second-order valence-electron chi connectivity index (χ2n) is 11.2. The molecule has 0 saturated heterocycles. The van der Waals surface area contributed by atoms with Gasteiger partial charge in [-0.25, -0.2) is 0 Å². The second kappa shape index (κ2) is 19.8. The summed E-state index contributed by atoms with van der Waals surface area (Å²) in [4.78, 5) is 13.9. The highest BCUT2D eigenvalue weighted by atomic mass is 35.5. The van der Waals surface area contributed by atoms with Crippen molar-refractivity contribution in [1.82, 2.24) is 4.72 Å². The minimum absolute atomic E-state index is 0.330. The SMILES string of the molecule is CC.CCCc1cc(Cl)ccc1C1COc2ccc(SNC)cc2N(C)C1.O=CCc1cccc(CCOCC2CCC2)c1. The molecule has 0 bridgehead atoms. The molecule has 2 aliphatic rings. The summed E-state index contributed by atoms with van der Waals surface area (Å²) in [6.07, 6.45) is 8.63. The summed E-state index contributed by atoms with van der Waals surface area (Å²) in [5.41, 5.74) is 6.20. The number of nitrogens with one attached hydrogen (secondary N) is 1. The van der Waals surface area contributed by atoms with Gasteiger partial charge in [-0.3, -0.25) is 4.72 Å². The van der Waals surface area contributed by atoms with Crippen LogP contribution in [-0.2, 0) is 28.8 Å². The molecule has 1 heterocycles. The Hall–Kier alpha value is -2.51. The number of anilines is 1. The first kappa shape index (κ1) is 36.0. The molecule has 1 aliphatic carbocycles. The van der Waals surface area contributed by atoms with Crippen LogP contribution in [0, 0.1) is 5.92 Å². The van der Waals surface area contributed by atoms with Gasteiger partial charge >= 0.3 is 0 Å². The van der Waals surface area contributed by atoms with Crippen molar-refractivity contribution in [3.63, 3.8) is 0 Å². The summed E-state index contributed by atoms with van der Waals surface area (Å²) in [5, 5.41) is 0.812. The van der Waals surface area contributed by atoms with E-state index in [4.69, 9.17) is 21.1 Å². The van der Waals surface area contributed by atoms with E-state index in [9.17, 15) is 4.79 Å². The Bertz CT molecular complexity index is 1280. The third kappa shape index (κ3) is 11.1. The highest BCUT2D eigenvalue weighted by molar-refractivity contribution is 7.97. The molecule has 0 amide bonds. The lowest BCUT2D eigenvalue weighted by atomic mass is 9.86. The maximum atomic E-state index is 10.4. The van der Waals surface area contributed by atoms with Crippen LogP contribution in [0.3, 0.4) is 0 Å². The van der Waals surface area contributed by atoms with E-state index in [1.807, 2.05) is 39.1 Å². The Morgan fingerprint density at radius 1 is 1.07 bits per heavy atom. The average molecular weight is 639 g/mol. The van der Waals surface area contributed by atoms with Crippen molar-refractivity contribution in [3.8, 4) is 5.75 Å². The van der Waals surface area contributed by atoms with E-state index in [2.05, 4.69) is 66.1 Å². The van der Waals surface area contributed by atoms with Gasteiger partial charge in [-0.15, -0.1) is 0 Å². The lowest BCUT2D eigenvalue weighted by molar-refractivity contribution is -0.107. The van der Waals surface area contributed by atoms with Gasteiger partial charge in [0.05, 0.1) is 18.9 Å². The van der Waals surface area contributed by atoms with E-state index < -0.39 is 0 Å². The Balaban J connectivity index is 0.000000243. The molecule has 7 heteroatoms. The Labute approximate surface area is 275 Å². The molecule has 1 aliphatic heterocycles. The maximum Gasteiger partial charge on any atom is 0.142 e. The van der Waals surface area contributed by atoms with Crippen LogP contribution in [0.2, 0.25) is 5.02 Å². The Kier molecular flexibility index (Phi) is 16.2. The van der Waals surface area contributed by atoms with Gasteiger partial charge in [0, 0.05) is 42.5 Å².